The van der Waals surface area contributed by atoms with Gasteiger partial charge in [0.05, 0.1) is 17.1 Å². The van der Waals surface area contributed by atoms with Crippen LogP contribution in [0.1, 0.15) is 18.9 Å². The molecule has 1 aromatic carbocycles. The lowest BCUT2D eigenvalue weighted by molar-refractivity contribution is -0.137. The van der Waals surface area contributed by atoms with Crippen LogP contribution in [0.3, 0.4) is 0 Å². The molecule has 2 aromatic rings. The Morgan fingerprint density at radius 2 is 1.94 bits per heavy atom. The van der Waals surface area contributed by atoms with Crippen LogP contribution < -0.4 is 0 Å². The minimum absolute atomic E-state index is 0.258. The second-order valence-corrected chi connectivity index (χ2v) is 4.79. The van der Waals surface area contributed by atoms with E-state index < -0.39 is 17.6 Å². The van der Waals surface area contributed by atoms with E-state index in [0.29, 0.717) is 16.3 Å². The maximum atomic E-state index is 12.5. The number of hydrogen-bond donors (Lipinski definition) is 0. The van der Waals surface area contributed by atoms with Crippen molar-refractivity contribution < 1.29 is 15.9 Å². The Kier molecular flexibility index (Phi) is 2.94. The molecular weight excluding hydrogens is 283 g/mol. The summed E-state index contributed by atoms with van der Waals surface area (Å²) < 4.78 is 52.3. The lowest BCUT2D eigenvalue weighted by Gasteiger charge is -2.06. The van der Waals surface area contributed by atoms with Crippen LogP contribution in [0.25, 0.3) is 10.6 Å². The van der Waals surface area contributed by atoms with Gasteiger partial charge in [0, 0.05) is 13.2 Å². The quantitative estimate of drug-likeness (QED) is 0.720. The molecule has 1 nitrogen and oxygen atoms in total. The molecule has 18 heavy (non-hydrogen) atoms. The average molecular weight is 296 g/mol. The summed E-state index contributed by atoms with van der Waals surface area (Å²) in [6, 6.07) is 4.57. The van der Waals surface area contributed by atoms with E-state index in [1.54, 1.807) is 6.92 Å². The van der Waals surface area contributed by atoms with Gasteiger partial charge in [-0.15, -0.1) is 22.9 Å². The van der Waals surface area contributed by atoms with E-state index >= 15 is 0 Å². The van der Waals surface area contributed by atoms with Gasteiger partial charge >= 0.3 is 6.18 Å². The van der Waals surface area contributed by atoms with Gasteiger partial charge in [-0.2, -0.15) is 13.2 Å². The molecule has 0 spiro atoms. The molecule has 0 aliphatic rings. The first kappa shape index (κ1) is 10.8. The minimum atomic E-state index is -4.38. The van der Waals surface area contributed by atoms with E-state index in [0.717, 1.165) is 23.5 Å². The summed E-state index contributed by atoms with van der Waals surface area (Å²) in [7, 11) is 0. The fourth-order valence-electron chi connectivity index (χ4n) is 1.41. The molecule has 0 unspecified atom stereocenters. The number of thiazole rings is 1. The van der Waals surface area contributed by atoms with Crippen LogP contribution in [0.4, 0.5) is 13.2 Å². The van der Waals surface area contributed by atoms with E-state index in [2.05, 4.69) is 4.98 Å². The first-order valence-corrected chi connectivity index (χ1v) is 6.13. The molecule has 1 heterocycles. The Labute approximate surface area is 114 Å². The molecule has 0 saturated heterocycles. The highest BCUT2D eigenvalue weighted by atomic mass is 35.5. The van der Waals surface area contributed by atoms with Crippen molar-refractivity contribution >= 4 is 22.9 Å². The fourth-order valence-corrected chi connectivity index (χ4v) is 2.52. The molecule has 0 aliphatic heterocycles. The number of aryl methyl sites for hydroxylation is 1. The van der Waals surface area contributed by atoms with Crippen molar-refractivity contribution in [3.63, 3.8) is 0 Å². The molecule has 6 heteroatoms. The second kappa shape index (κ2) is 4.90. The van der Waals surface area contributed by atoms with E-state index in [1.807, 2.05) is 0 Å². The summed E-state index contributed by atoms with van der Waals surface area (Å²) in [5.74, 6) is -2.04. The topological polar surface area (TPSA) is 12.9 Å². The van der Waals surface area contributed by atoms with E-state index in [4.69, 9.17) is 14.3 Å². The average Bonchev–Trinajstić information content (AvgIpc) is 2.70. The number of rotatable bonds is 2. The summed E-state index contributed by atoms with van der Waals surface area (Å²) in [5.41, 5.74) is 0.200. The van der Waals surface area contributed by atoms with Crippen molar-refractivity contribution in [1.82, 2.24) is 4.98 Å². The highest BCUT2D eigenvalue weighted by molar-refractivity contribution is 7.15. The molecule has 0 aliphatic carbocycles. The normalized spacial score (nSPS) is 14.3. The zero-order chi connectivity index (χ0) is 15.1. The molecule has 0 fully saturated rings. The minimum Gasteiger partial charge on any atom is -0.241 e. The Morgan fingerprint density at radius 3 is 2.39 bits per heavy atom. The third-order valence-electron chi connectivity index (χ3n) is 2.34. The molecule has 0 radical (unpaired) electrons. The first-order chi connectivity index (χ1) is 9.09. The van der Waals surface area contributed by atoms with Crippen LogP contribution in [0, 0.1) is 6.92 Å². The van der Waals surface area contributed by atoms with Crippen LogP contribution >= 0.6 is 22.9 Å². The van der Waals surface area contributed by atoms with E-state index in [-0.39, 0.29) is 4.88 Å². The molecule has 0 N–H and O–H groups in total. The first-order valence-electron chi connectivity index (χ1n) is 5.93. The Morgan fingerprint density at radius 1 is 1.33 bits per heavy atom. The lowest BCUT2D eigenvalue weighted by Crippen LogP contribution is -2.03. The predicted molar refractivity (Wildman–Crippen MR) is 66.8 cm³/mol. The highest BCUT2D eigenvalue weighted by Crippen LogP contribution is 2.33. The van der Waals surface area contributed by atoms with Gasteiger partial charge in [-0.3, -0.25) is 0 Å². The van der Waals surface area contributed by atoms with Crippen molar-refractivity contribution in [2.45, 2.75) is 18.9 Å². The number of aromatic nitrogens is 1. The van der Waals surface area contributed by atoms with Crippen molar-refractivity contribution in [3.8, 4) is 10.6 Å². The number of hydrogen-bond acceptors (Lipinski definition) is 2. The monoisotopic (exact) mass is 295 g/mol. The van der Waals surface area contributed by atoms with Gasteiger partial charge in [0.25, 0.3) is 0 Å². The van der Waals surface area contributed by atoms with E-state index in [9.17, 15) is 13.2 Å². The van der Waals surface area contributed by atoms with Crippen LogP contribution in [-0.2, 0) is 12.0 Å². The second-order valence-electron chi connectivity index (χ2n) is 3.60. The van der Waals surface area contributed by atoms with Crippen molar-refractivity contribution in [2.75, 3.05) is 0 Å². The van der Waals surface area contributed by atoms with Crippen LogP contribution in [-0.4, -0.2) is 4.98 Å². The van der Waals surface area contributed by atoms with Gasteiger partial charge < -0.3 is 0 Å². The summed E-state index contributed by atoms with van der Waals surface area (Å²) in [6.45, 7) is 1.61. The highest BCUT2D eigenvalue weighted by Gasteiger charge is 2.30. The summed E-state index contributed by atoms with van der Waals surface area (Å²) in [4.78, 5) is 4.41. The summed E-state index contributed by atoms with van der Waals surface area (Å²) in [5, 5.41) is 0.441. The third kappa shape index (κ3) is 2.67. The maximum absolute atomic E-state index is 12.5. The predicted octanol–water partition coefficient (Wildman–Crippen LogP) is 4.88. The summed E-state index contributed by atoms with van der Waals surface area (Å²) >= 11 is 6.64. The van der Waals surface area contributed by atoms with Crippen LogP contribution in [0.15, 0.2) is 24.3 Å². The smallest absolute Gasteiger partial charge is 0.241 e. The number of benzene rings is 1. The van der Waals surface area contributed by atoms with Gasteiger partial charge in [0.15, 0.2) is 0 Å². The number of alkyl halides is 4. The molecule has 0 saturated carbocycles. The van der Waals surface area contributed by atoms with E-state index in [1.165, 1.54) is 12.1 Å². The summed E-state index contributed by atoms with van der Waals surface area (Å²) in [6.07, 6.45) is -4.38. The number of halogens is 4. The molecule has 2 rings (SSSR count). The van der Waals surface area contributed by atoms with Crippen molar-refractivity contribution in [2.24, 2.45) is 0 Å². The van der Waals surface area contributed by atoms with Crippen LogP contribution in [0.2, 0.25) is 0 Å². The van der Waals surface area contributed by atoms with Gasteiger partial charge in [-0.25, -0.2) is 4.98 Å². The van der Waals surface area contributed by atoms with Crippen molar-refractivity contribution in [1.29, 1.82) is 0 Å². The molecule has 0 atom stereocenters. The molecule has 96 valence electrons. The zero-order valence-corrected chi connectivity index (χ0v) is 10.7. The Bertz CT molecular complexity index is 617. The largest absolute Gasteiger partial charge is 0.416 e. The Hall–Kier alpha value is -1.07. The zero-order valence-electron chi connectivity index (χ0n) is 11.2. The maximum Gasteiger partial charge on any atom is 0.416 e. The Balaban J connectivity index is 2.38. The molecule has 1 aromatic heterocycles. The fraction of sp³-hybridized carbons (Fsp3) is 0.250. The standard InChI is InChI=1S/C12H9ClF3NS/c1-7-10(6-13)18-11(17-7)8-2-4-9(5-3-8)12(14,15)16/h2-5H,6H2,1H3/i6T2. The lowest BCUT2D eigenvalue weighted by atomic mass is 10.1. The molecule has 0 amide bonds. The number of nitrogens with zero attached hydrogens (tertiary/aromatic N) is 1. The van der Waals surface area contributed by atoms with Crippen molar-refractivity contribution in [3.05, 3.63) is 40.4 Å². The SMILES string of the molecule is [3H]C([3H])(Cl)c1sc(-c2ccc(C(F)(F)F)cc2)nc1C. The van der Waals surface area contributed by atoms with Gasteiger partial charge in [-0.05, 0) is 19.1 Å². The van der Waals surface area contributed by atoms with Gasteiger partial charge in [0.1, 0.15) is 5.01 Å². The third-order valence-corrected chi connectivity index (χ3v) is 3.76. The van der Waals surface area contributed by atoms with Gasteiger partial charge in [0.2, 0.25) is 0 Å². The van der Waals surface area contributed by atoms with Crippen LogP contribution in [0.5, 0.6) is 0 Å². The molecule has 0 bridgehead atoms. The van der Waals surface area contributed by atoms with Gasteiger partial charge in [-0.1, -0.05) is 12.1 Å². The molecular formula is C12H9ClF3NS.